The molecular formula is C11H18BrNO. The summed E-state index contributed by atoms with van der Waals surface area (Å²) in [6.45, 7) is 0. The van der Waals surface area contributed by atoms with Crippen molar-refractivity contribution in [3.8, 4) is 0 Å². The van der Waals surface area contributed by atoms with E-state index in [4.69, 9.17) is 0 Å². The van der Waals surface area contributed by atoms with Crippen LogP contribution < -0.4 is 5.32 Å². The molecule has 0 spiro atoms. The van der Waals surface area contributed by atoms with Gasteiger partial charge in [-0.25, -0.2) is 0 Å². The first kappa shape index (κ1) is 10.5. The van der Waals surface area contributed by atoms with Gasteiger partial charge in [-0.2, -0.15) is 0 Å². The van der Waals surface area contributed by atoms with Gasteiger partial charge in [0, 0.05) is 16.8 Å². The van der Waals surface area contributed by atoms with Crippen LogP contribution in [0.5, 0.6) is 0 Å². The van der Waals surface area contributed by atoms with Crippen molar-refractivity contribution >= 4 is 21.8 Å². The number of rotatable bonds is 3. The molecule has 2 nitrogen and oxygen atoms in total. The summed E-state index contributed by atoms with van der Waals surface area (Å²) in [4.78, 5) is 11.9. The molecule has 0 atom stereocenters. The molecule has 1 N–H and O–H groups in total. The SMILES string of the molecule is O=C(NC1(CBr)CCC1)C1CCCC1. The van der Waals surface area contributed by atoms with Gasteiger partial charge in [0.25, 0.3) is 0 Å². The summed E-state index contributed by atoms with van der Waals surface area (Å²) in [5, 5.41) is 4.15. The van der Waals surface area contributed by atoms with E-state index in [-0.39, 0.29) is 5.54 Å². The molecule has 0 aromatic heterocycles. The first-order valence-corrected chi connectivity index (χ1v) is 6.76. The molecule has 0 aromatic carbocycles. The molecular weight excluding hydrogens is 242 g/mol. The highest BCUT2D eigenvalue weighted by molar-refractivity contribution is 9.09. The van der Waals surface area contributed by atoms with E-state index >= 15 is 0 Å². The molecule has 2 rings (SSSR count). The van der Waals surface area contributed by atoms with Crippen molar-refractivity contribution in [2.24, 2.45) is 5.92 Å². The minimum atomic E-state index is 0.111. The van der Waals surface area contributed by atoms with Crippen LogP contribution in [-0.4, -0.2) is 16.8 Å². The molecule has 2 aliphatic rings. The molecule has 2 fully saturated rings. The Morgan fingerprint density at radius 3 is 2.36 bits per heavy atom. The smallest absolute Gasteiger partial charge is 0.223 e. The first-order valence-electron chi connectivity index (χ1n) is 5.64. The van der Waals surface area contributed by atoms with Crippen molar-refractivity contribution in [2.75, 3.05) is 5.33 Å². The molecule has 2 saturated carbocycles. The molecule has 0 aliphatic heterocycles. The van der Waals surface area contributed by atoms with Crippen molar-refractivity contribution in [3.63, 3.8) is 0 Å². The molecule has 0 aromatic rings. The third-order valence-corrected chi connectivity index (χ3v) is 4.75. The third-order valence-electron chi connectivity index (χ3n) is 3.68. The average Bonchev–Trinajstić information content (AvgIpc) is 2.63. The average molecular weight is 260 g/mol. The van der Waals surface area contributed by atoms with Crippen LogP contribution in [0.4, 0.5) is 0 Å². The zero-order chi connectivity index (χ0) is 10.0. The maximum absolute atomic E-state index is 11.9. The number of carbonyl (C=O) groups is 1. The molecule has 1 amide bonds. The van der Waals surface area contributed by atoms with Gasteiger partial charge < -0.3 is 5.32 Å². The quantitative estimate of drug-likeness (QED) is 0.776. The fraction of sp³-hybridized carbons (Fsp3) is 0.909. The zero-order valence-electron chi connectivity index (χ0n) is 8.52. The molecule has 2 aliphatic carbocycles. The molecule has 3 heteroatoms. The second-order valence-electron chi connectivity index (χ2n) is 4.74. The molecule has 0 radical (unpaired) electrons. The van der Waals surface area contributed by atoms with E-state index in [0.29, 0.717) is 11.8 Å². The molecule has 0 heterocycles. The molecule has 0 bridgehead atoms. The van der Waals surface area contributed by atoms with Crippen molar-refractivity contribution in [3.05, 3.63) is 0 Å². The van der Waals surface area contributed by atoms with E-state index in [1.54, 1.807) is 0 Å². The Morgan fingerprint density at radius 2 is 1.93 bits per heavy atom. The zero-order valence-corrected chi connectivity index (χ0v) is 10.1. The summed E-state index contributed by atoms with van der Waals surface area (Å²) in [6, 6.07) is 0. The first-order chi connectivity index (χ1) is 6.76. The Labute approximate surface area is 94.0 Å². The van der Waals surface area contributed by atoms with Crippen LogP contribution in [-0.2, 0) is 4.79 Å². The molecule has 14 heavy (non-hydrogen) atoms. The standard InChI is InChI=1S/C11H18BrNO/c12-8-11(6-3-7-11)13-10(14)9-4-1-2-5-9/h9H,1-8H2,(H,13,14). The second-order valence-corrected chi connectivity index (χ2v) is 5.30. The van der Waals surface area contributed by atoms with Crippen molar-refractivity contribution in [1.82, 2.24) is 5.32 Å². The normalized spacial score (nSPS) is 25.8. The summed E-state index contributed by atoms with van der Waals surface area (Å²) >= 11 is 3.51. The Kier molecular flexibility index (Phi) is 3.15. The van der Waals surface area contributed by atoms with Crippen LogP contribution in [0, 0.1) is 5.92 Å². The molecule has 0 unspecified atom stereocenters. The van der Waals surface area contributed by atoms with E-state index in [2.05, 4.69) is 21.2 Å². The van der Waals surface area contributed by atoms with Crippen LogP contribution in [0.3, 0.4) is 0 Å². The Balaban J connectivity index is 1.86. The van der Waals surface area contributed by atoms with Crippen LogP contribution in [0.15, 0.2) is 0 Å². The number of amides is 1. The van der Waals surface area contributed by atoms with Gasteiger partial charge in [0.15, 0.2) is 0 Å². The van der Waals surface area contributed by atoms with Gasteiger partial charge in [-0.3, -0.25) is 4.79 Å². The van der Waals surface area contributed by atoms with Gasteiger partial charge >= 0.3 is 0 Å². The maximum Gasteiger partial charge on any atom is 0.223 e. The lowest BCUT2D eigenvalue weighted by molar-refractivity contribution is -0.127. The van der Waals surface area contributed by atoms with E-state index in [0.717, 1.165) is 31.0 Å². The maximum atomic E-state index is 11.9. The summed E-state index contributed by atoms with van der Waals surface area (Å²) in [7, 11) is 0. The van der Waals surface area contributed by atoms with Crippen LogP contribution in [0.2, 0.25) is 0 Å². The minimum absolute atomic E-state index is 0.111. The van der Waals surface area contributed by atoms with Crippen molar-refractivity contribution < 1.29 is 4.79 Å². The number of hydrogen-bond donors (Lipinski definition) is 1. The number of halogens is 1. The van der Waals surface area contributed by atoms with Gasteiger partial charge in [-0.15, -0.1) is 0 Å². The second kappa shape index (κ2) is 4.21. The van der Waals surface area contributed by atoms with E-state index < -0.39 is 0 Å². The Hall–Kier alpha value is -0.0500. The largest absolute Gasteiger partial charge is 0.350 e. The highest BCUT2D eigenvalue weighted by atomic mass is 79.9. The fourth-order valence-electron chi connectivity index (χ4n) is 2.45. The lowest BCUT2D eigenvalue weighted by atomic mass is 9.78. The van der Waals surface area contributed by atoms with Crippen LogP contribution in [0.1, 0.15) is 44.9 Å². The lowest BCUT2D eigenvalue weighted by Crippen LogP contribution is -2.56. The molecule has 80 valence electrons. The fourth-order valence-corrected chi connectivity index (χ4v) is 3.15. The van der Waals surface area contributed by atoms with Gasteiger partial charge in [0.2, 0.25) is 5.91 Å². The predicted molar refractivity (Wildman–Crippen MR) is 60.5 cm³/mol. The van der Waals surface area contributed by atoms with Gasteiger partial charge in [-0.1, -0.05) is 28.8 Å². The van der Waals surface area contributed by atoms with E-state index in [9.17, 15) is 4.79 Å². The minimum Gasteiger partial charge on any atom is -0.350 e. The van der Waals surface area contributed by atoms with Crippen LogP contribution >= 0.6 is 15.9 Å². The van der Waals surface area contributed by atoms with Crippen LogP contribution in [0.25, 0.3) is 0 Å². The van der Waals surface area contributed by atoms with Crippen molar-refractivity contribution in [1.29, 1.82) is 0 Å². The van der Waals surface area contributed by atoms with E-state index in [1.807, 2.05) is 0 Å². The summed E-state index contributed by atoms with van der Waals surface area (Å²) < 4.78 is 0. The van der Waals surface area contributed by atoms with Gasteiger partial charge in [0.05, 0.1) is 0 Å². The van der Waals surface area contributed by atoms with Gasteiger partial charge in [-0.05, 0) is 32.1 Å². The van der Waals surface area contributed by atoms with Gasteiger partial charge in [0.1, 0.15) is 0 Å². The lowest BCUT2D eigenvalue weighted by Gasteiger charge is -2.41. The van der Waals surface area contributed by atoms with Crippen molar-refractivity contribution in [2.45, 2.75) is 50.5 Å². The highest BCUT2D eigenvalue weighted by Crippen LogP contribution is 2.34. The summed E-state index contributed by atoms with van der Waals surface area (Å²) in [5.41, 5.74) is 0.111. The number of alkyl halides is 1. The third kappa shape index (κ3) is 1.97. The highest BCUT2D eigenvalue weighted by Gasteiger charge is 2.38. The molecule has 0 saturated heterocycles. The number of hydrogen-bond acceptors (Lipinski definition) is 1. The topological polar surface area (TPSA) is 29.1 Å². The Bertz CT molecular complexity index is 214. The number of carbonyl (C=O) groups excluding carboxylic acids is 1. The predicted octanol–water partition coefficient (Wildman–Crippen LogP) is 2.61. The Morgan fingerprint density at radius 1 is 1.29 bits per heavy atom. The summed E-state index contributed by atoms with van der Waals surface area (Å²) in [5.74, 6) is 0.619. The summed E-state index contributed by atoms with van der Waals surface area (Å²) in [6.07, 6.45) is 8.23. The monoisotopic (exact) mass is 259 g/mol. The number of nitrogens with one attached hydrogen (secondary N) is 1. The van der Waals surface area contributed by atoms with E-state index in [1.165, 1.54) is 19.3 Å².